The van der Waals surface area contributed by atoms with Crippen LogP contribution < -0.4 is 0 Å². The average Bonchev–Trinajstić information content (AvgIpc) is 2.81. The second-order valence-electron chi connectivity index (χ2n) is 3.82. The van der Waals surface area contributed by atoms with E-state index in [1.54, 1.807) is 6.07 Å². The quantitative estimate of drug-likeness (QED) is 0.746. The molecule has 0 spiro atoms. The molecule has 0 radical (unpaired) electrons. The van der Waals surface area contributed by atoms with Gasteiger partial charge in [0.2, 0.25) is 0 Å². The van der Waals surface area contributed by atoms with E-state index >= 15 is 0 Å². The Kier molecular flexibility index (Phi) is 2.95. The molecule has 0 atom stereocenters. The van der Waals surface area contributed by atoms with Gasteiger partial charge >= 0.3 is 5.97 Å². The highest BCUT2D eigenvalue weighted by Gasteiger charge is 2.15. The van der Waals surface area contributed by atoms with Crippen molar-refractivity contribution in [1.82, 2.24) is 5.16 Å². The van der Waals surface area contributed by atoms with Crippen molar-refractivity contribution in [3.05, 3.63) is 41.1 Å². The lowest BCUT2D eigenvalue weighted by molar-refractivity contribution is 0.0589. The maximum atomic E-state index is 11.3. The Morgan fingerprint density at radius 1 is 1.35 bits per heavy atom. The number of nitrogens with zero attached hydrogens (tertiary/aromatic N) is 1. The van der Waals surface area contributed by atoms with Crippen LogP contribution in [0, 0.1) is 13.8 Å². The summed E-state index contributed by atoms with van der Waals surface area (Å²) in [6.07, 6.45) is 0. The van der Waals surface area contributed by atoms with Gasteiger partial charge in [0.05, 0.1) is 7.11 Å². The monoisotopic (exact) mass is 231 g/mol. The fourth-order valence-electron chi connectivity index (χ4n) is 1.62. The summed E-state index contributed by atoms with van der Waals surface area (Å²) in [4.78, 5) is 11.3. The molecule has 0 N–H and O–H groups in total. The lowest BCUT2D eigenvalue weighted by Crippen LogP contribution is -2.00. The second-order valence-corrected chi connectivity index (χ2v) is 3.82. The predicted octanol–water partition coefficient (Wildman–Crippen LogP) is 2.75. The molecule has 4 heteroatoms. The number of carbonyl (C=O) groups is 1. The molecule has 0 unspecified atom stereocenters. The van der Waals surface area contributed by atoms with Crippen LogP contribution in [0.4, 0.5) is 0 Å². The molecule has 2 aromatic rings. The Labute approximate surface area is 99.2 Å². The minimum absolute atomic E-state index is 0.184. The first kappa shape index (κ1) is 11.4. The maximum Gasteiger partial charge on any atom is 0.360 e. The molecule has 4 nitrogen and oxygen atoms in total. The van der Waals surface area contributed by atoms with Gasteiger partial charge in [0.1, 0.15) is 0 Å². The van der Waals surface area contributed by atoms with Crippen LogP contribution >= 0.6 is 0 Å². The zero-order valence-electron chi connectivity index (χ0n) is 9.98. The van der Waals surface area contributed by atoms with Crippen LogP contribution in [-0.2, 0) is 4.74 Å². The van der Waals surface area contributed by atoms with Crippen molar-refractivity contribution >= 4 is 5.97 Å². The van der Waals surface area contributed by atoms with Crippen molar-refractivity contribution in [2.45, 2.75) is 13.8 Å². The van der Waals surface area contributed by atoms with Gasteiger partial charge in [-0.25, -0.2) is 4.79 Å². The van der Waals surface area contributed by atoms with Gasteiger partial charge < -0.3 is 9.26 Å². The molecule has 0 amide bonds. The first-order chi connectivity index (χ1) is 8.13. The lowest BCUT2D eigenvalue weighted by Gasteiger charge is -2.03. The van der Waals surface area contributed by atoms with E-state index in [0.717, 1.165) is 11.1 Å². The molecule has 0 saturated carbocycles. The lowest BCUT2D eigenvalue weighted by atomic mass is 10.0. The highest BCUT2D eigenvalue weighted by atomic mass is 16.5. The van der Waals surface area contributed by atoms with Crippen molar-refractivity contribution < 1.29 is 14.1 Å². The van der Waals surface area contributed by atoms with Gasteiger partial charge in [-0.1, -0.05) is 23.4 Å². The summed E-state index contributed by atoms with van der Waals surface area (Å²) >= 11 is 0. The summed E-state index contributed by atoms with van der Waals surface area (Å²) in [5, 5.41) is 3.68. The Balaban J connectivity index is 2.44. The summed E-state index contributed by atoms with van der Waals surface area (Å²) in [5.74, 6) is 0.0805. The molecule has 2 rings (SSSR count). The number of benzene rings is 1. The van der Waals surface area contributed by atoms with Crippen molar-refractivity contribution in [2.75, 3.05) is 7.11 Å². The van der Waals surface area contributed by atoms with E-state index < -0.39 is 5.97 Å². The molecule has 88 valence electrons. The molecule has 1 aromatic heterocycles. The number of methoxy groups -OCH3 is 1. The molecule has 0 saturated heterocycles. The number of hydrogen-bond acceptors (Lipinski definition) is 4. The number of esters is 1. The van der Waals surface area contributed by atoms with Crippen molar-refractivity contribution in [3.8, 4) is 11.3 Å². The third-order valence-corrected chi connectivity index (χ3v) is 2.77. The van der Waals surface area contributed by atoms with Crippen LogP contribution in [-0.4, -0.2) is 18.2 Å². The highest BCUT2D eigenvalue weighted by Crippen LogP contribution is 2.26. The predicted molar refractivity (Wildman–Crippen MR) is 62.8 cm³/mol. The third kappa shape index (κ3) is 2.06. The second kappa shape index (κ2) is 4.41. The summed E-state index contributed by atoms with van der Waals surface area (Å²) in [6.45, 7) is 4.03. The minimum atomic E-state index is -0.495. The number of ether oxygens (including phenoxy) is 1. The number of aromatic nitrogens is 1. The number of aryl methyl sites for hydroxylation is 1. The molecular formula is C13H13NO3. The van der Waals surface area contributed by atoms with Crippen LogP contribution in [0.2, 0.25) is 0 Å². The molecular weight excluding hydrogens is 218 g/mol. The zero-order chi connectivity index (χ0) is 12.4. The highest BCUT2D eigenvalue weighted by molar-refractivity contribution is 5.88. The largest absolute Gasteiger partial charge is 0.464 e. The molecule has 1 heterocycles. The van der Waals surface area contributed by atoms with E-state index in [-0.39, 0.29) is 5.69 Å². The molecule has 0 aliphatic heterocycles. The summed E-state index contributed by atoms with van der Waals surface area (Å²) in [6, 6.07) is 7.49. The van der Waals surface area contributed by atoms with Gasteiger partial charge in [-0.15, -0.1) is 0 Å². The third-order valence-electron chi connectivity index (χ3n) is 2.77. The van der Waals surface area contributed by atoms with E-state index in [0.29, 0.717) is 5.76 Å². The van der Waals surface area contributed by atoms with Gasteiger partial charge in [-0.3, -0.25) is 0 Å². The van der Waals surface area contributed by atoms with Crippen molar-refractivity contribution in [2.24, 2.45) is 0 Å². The molecule has 0 aliphatic carbocycles. The molecule has 0 bridgehead atoms. The topological polar surface area (TPSA) is 52.3 Å². The summed E-state index contributed by atoms with van der Waals surface area (Å²) < 4.78 is 9.74. The molecule has 0 aliphatic rings. The van der Waals surface area contributed by atoms with Gasteiger partial charge in [-0.2, -0.15) is 0 Å². The van der Waals surface area contributed by atoms with Gasteiger partial charge in [0, 0.05) is 11.6 Å². The molecule has 1 aromatic carbocycles. The van der Waals surface area contributed by atoms with E-state index in [2.05, 4.69) is 9.89 Å². The van der Waals surface area contributed by atoms with E-state index in [1.807, 2.05) is 32.0 Å². The average molecular weight is 231 g/mol. The van der Waals surface area contributed by atoms with Gasteiger partial charge in [0.15, 0.2) is 11.5 Å². The smallest absolute Gasteiger partial charge is 0.360 e. The standard InChI is InChI=1S/C13H13NO3/c1-8-5-4-6-10(9(8)2)12-7-11(14-17-12)13(15)16-3/h4-7H,1-3H3. The fourth-order valence-corrected chi connectivity index (χ4v) is 1.62. The Bertz CT molecular complexity index is 558. The first-order valence-corrected chi connectivity index (χ1v) is 5.25. The fraction of sp³-hybridized carbons (Fsp3) is 0.231. The van der Waals surface area contributed by atoms with E-state index in [9.17, 15) is 4.79 Å². The Morgan fingerprint density at radius 2 is 2.12 bits per heavy atom. The SMILES string of the molecule is COC(=O)c1cc(-c2cccc(C)c2C)on1. The Morgan fingerprint density at radius 3 is 2.82 bits per heavy atom. The zero-order valence-corrected chi connectivity index (χ0v) is 9.98. The number of hydrogen-bond donors (Lipinski definition) is 0. The van der Waals surface area contributed by atoms with Crippen LogP contribution in [0.25, 0.3) is 11.3 Å². The number of carbonyl (C=O) groups excluding carboxylic acids is 1. The van der Waals surface area contributed by atoms with Gasteiger partial charge in [-0.05, 0) is 25.0 Å². The van der Waals surface area contributed by atoms with E-state index in [4.69, 9.17) is 4.52 Å². The van der Waals surface area contributed by atoms with Crippen molar-refractivity contribution in [1.29, 1.82) is 0 Å². The van der Waals surface area contributed by atoms with Crippen LogP contribution in [0.3, 0.4) is 0 Å². The van der Waals surface area contributed by atoms with Crippen molar-refractivity contribution in [3.63, 3.8) is 0 Å². The minimum Gasteiger partial charge on any atom is -0.464 e. The van der Waals surface area contributed by atoms with Crippen LogP contribution in [0.15, 0.2) is 28.8 Å². The molecule has 17 heavy (non-hydrogen) atoms. The van der Waals surface area contributed by atoms with E-state index in [1.165, 1.54) is 12.7 Å². The van der Waals surface area contributed by atoms with Crippen LogP contribution in [0.5, 0.6) is 0 Å². The molecule has 0 fully saturated rings. The summed E-state index contributed by atoms with van der Waals surface area (Å²) in [5.41, 5.74) is 3.40. The number of rotatable bonds is 2. The van der Waals surface area contributed by atoms with Gasteiger partial charge in [0.25, 0.3) is 0 Å². The van der Waals surface area contributed by atoms with Crippen LogP contribution in [0.1, 0.15) is 21.6 Å². The first-order valence-electron chi connectivity index (χ1n) is 5.25. The Hall–Kier alpha value is -2.10. The maximum absolute atomic E-state index is 11.3. The normalized spacial score (nSPS) is 10.3. The summed E-state index contributed by atoms with van der Waals surface area (Å²) in [7, 11) is 1.31.